The molecule has 0 spiro atoms. The lowest BCUT2D eigenvalue weighted by molar-refractivity contribution is -0.148. The third-order valence-corrected chi connectivity index (χ3v) is 3.09. The van der Waals surface area contributed by atoms with E-state index in [0.717, 1.165) is 11.3 Å². The Kier molecular flexibility index (Phi) is 8.92. The van der Waals surface area contributed by atoms with E-state index in [2.05, 4.69) is 5.32 Å². The van der Waals surface area contributed by atoms with Gasteiger partial charge in [0.2, 0.25) is 0 Å². The molecule has 0 radical (unpaired) electrons. The second-order valence-electron chi connectivity index (χ2n) is 6.52. The van der Waals surface area contributed by atoms with Crippen LogP contribution in [-0.4, -0.2) is 44.1 Å². The highest BCUT2D eigenvalue weighted by atomic mass is 16.6. The average molecular weight is 367 g/mol. The lowest BCUT2D eigenvalue weighted by atomic mass is 10.1. The second-order valence-corrected chi connectivity index (χ2v) is 6.52. The maximum Gasteiger partial charge on any atom is 0.408 e. The Balaban J connectivity index is 2.76. The zero-order valence-corrected chi connectivity index (χ0v) is 16.2. The molecule has 1 rings (SSSR count). The van der Waals surface area contributed by atoms with Crippen LogP contribution in [-0.2, 0) is 19.0 Å². The number of carbonyl (C=O) groups is 2. The fourth-order valence-electron chi connectivity index (χ4n) is 2.10. The minimum Gasteiger partial charge on any atom is -0.494 e. The quantitative estimate of drug-likeness (QED) is 0.675. The van der Waals surface area contributed by atoms with Crippen LogP contribution in [0.4, 0.5) is 4.79 Å². The maximum atomic E-state index is 12.1. The van der Waals surface area contributed by atoms with Gasteiger partial charge in [0, 0.05) is 0 Å². The molecule has 0 aliphatic carbocycles. The molecule has 0 aliphatic heterocycles. The van der Waals surface area contributed by atoms with Crippen molar-refractivity contribution in [3.05, 3.63) is 29.8 Å². The van der Waals surface area contributed by atoms with Crippen molar-refractivity contribution in [2.75, 3.05) is 26.4 Å². The average Bonchev–Trinajstić information content (AvgIpc) is 2.53. The summed E-state index contributed by atoms with van der Waals surface area (Å²) in [6, 6.07) is 6.82. The number of hydrogen-bond donors (Lipinski definition) is 1. The van der Waals surface area contributed by atoms with E-state index in [1.54, 1.807) is 27.7 Å². The molecule has 7 heteroatoms. The van der Waals surface area contributed by atoms with Gasteiger partial charge in [-0.3, -0.25) is 0 Å². The summed E-state index contributed by atoms with van der Waals surface area (Å²) in [5.74, 6) is 0.287. The van der Waals surface area contributed by atoms with E-state index >= 15 is 0 Å². The number of hydrogen-bond acceptors (Lipinski definition) is 6. The number of rotatable bonds is 9. The van der Waals surface area contributed by atoms with Crippen molar-refractivity contribution in [2.45, 2.75) is 46.3 Å². The second kappa shape index (κ2) is 10.7. The molecule has 0 saturated heterocycles. The summed E-state index contributed by atoms with van der Waals surface area (Å²) in [4.78, 5) is 23.5. The van der Waals surface area contributed by atoms with E-state index in [4.69, 9.17) is 18.9 Å². The molecule has 1 unspecified atom stereocenters. The molecule has 1 atom stereocenters. The molecule has 26 heavy (non-hydrogen) atoms. The van der Waals surface area contributed by atoms with Crippen molar-refractivity contribution in [3.63, 3.8) is 0 Å². The summed E-state index contributed by atoms with van der Waals surface area (Å²) in [7, 11) is 0. The normalized spacial score (nSPS) is 12.2. The minimum atomic E-state index is -0.612. The monoisotopic (exact) mass is 367 g/mol. The van der Waals surface area contributed by atoms with Crippen LogP contribution in [0.5, 0.6) is 5.75 Å². The Labute approximate surface area is 155 Å². The van der Waals surface area contributed by atoms with Gasteiger partial charge in [0.25, 0.3) is 0 Å². The molecule has 1 aromatic carbocycles. The summed E-state index contributed by atoms with van der Waals surface area (Å²) in [5.41, 5.74) is 0.197. The van der Waals surface area contributed by atoms with Gasteiger partial charge in [0.15, 0.2) is 0 Å². The highest BCUT2D eigenvalue weighted by Crippen LogP contribution is 2.19. The van der Waals surface area contributed by atoms with Crippen molar-refractivity contribution in [1.82, 2.24) is 5.32 Å². The van der Waals surface area contributed by atoms with Crippen LogP contribution in [0.25, 0.3) is 0 Å². The summed E-state index contributed by atoms with van der Waals surface area (Å²) in [5, 5.41) is 2.77. The minimum absolute atomic E-state index is 0.103. The van der Waals surface area contributed by atoms with E-state index in [0.29, 0.717) is 13.2 Å². The SMILES string of the molecule is CCOC(=O)COCC(NC(=O)OC(C)(C)C)c1ccc(OCC)cc1. The van der Waals surface area contributed by atoms with Crippen molar-refractivity contribution < 1.29 is 28.5 Å². The summed E-state index contributed by atoms with van der Waals surface area (Å²) >= 11 is 0. The van der Waals surface area contributed by atoms with E-state index in [9.17, 15) is 9.59 Å². The molecule has 0 bridgehead atoms. The van der Waals surface area contributed by atoms with E-state index in [1.165, 1.54) is 0 Å². The Hall–Kier alpha value is -2.28. The first-order chi connectivity index (χ1) is 12.2. The van der Waals surface area contributed by atoms with E-state index in [1.807, 2.05) is 31.2 Å². The molecular formula is C19H29NO6. The summed E-state index contributed by atoms with van der Waals surface area (Å²) < 4.78 is 20.9. The third-order valence-electron chi connectivity index (χ3n) is 3.09. The Morgan fingerprint density at radius 2 is 1.73 bits per heavy atom. The maximum absolute atomic E-state index is 12.1. The van der Waals surface area contributed by atoms with Crippen molar-refractivity contribution in [3.8, 4) is 5.75 Å². The number of benzene rings is 1. The van der Waals surface area contributed by atoms with Gasteiger partial charge in [-0.25, -0.2) is 9.59 Å². The van der Waals surface area contributed by atoms with Crippen LogP contribution in [0.2, 0.25) is 0 Å². The smallest absolute Gasteiger partial charge is 0.408 e. The topological polar surface area (TPSA) is 83.1 Å². The number of amides is 1. The number of nitrogens with one attached hydrogen (secondary N) is 1. The lowest BCUT2D eigenvalue weighted by Crippen LogP contribution is -2.37. The van der Waals surface area contributed by atoms with Crippen LogP contribution >= 0.6 is 0 Å². The van der Waals surface area contributed by atoms with Gasteiger partial charge < -0.3 is 24.3 Å². The van der Waals surface area contributed by atoms with Gasteiger partial charge in [0.1, 0.15) is 18.0 Å². The lowest BCUT2D eigenvalue weighted by Gasteiger charge is -2.24. The first-order valence-corrected chi connectivity index (χ1v) is 8.70. The fraction of sp³-hybridized carbons (Fsp3) is 0.579. The molecule has 7 nitrogen and oxygen atoms in total. The molecule has 0 heterocycles. The molecule has 1 amide bonds. The Morgan fingerprint density at radius 3 is 2.27 bits per heavy atom. The molecule has 0 fully saturated rings. The first-order valence-electron chi connectivity index (χ1n) is 8.70. The van der Waals surface area contributed by atoms with Crippen molar-refractivity contribution >= 4 is 12.1 Å². The standard InChI is InChI=1S/C19H29NO6/c1-6-24-15-10-8-14(9-11-15)16(12-23-13-17(21)25-7-2)20-18(22)26-19(3,4)5/h8-11,16H,6-7,12-13H2,1-5H3,(H,20,22). The third kappa shape index (κ3) is 8.71. The van der Waals surface area contributed by atoms with Gasteiger partial charge in [0.05, 0.1) is 25.9 Å². The predicted molar refractivity (Wildman–Crippen MR) is 97.2 cm³/mol. The first kappa shape index (κ1) is 21.8. The highest BCUT2D eigenvalue weighted by molar-refractivity contribution is 5.70. The Bertz CT molecular complexity index is 564. The van der Waals surface area contributed by atoms with Crippen LogP contribution < -0.4 is 10.1 Å². The van der Waals surface area contributed by atoms with Gasteiger partial charge in [-0.15, -0.1) is 0 Å². The van der Waals surface area contributed by atoms with Crippen LogP contribution in [0.15, 0.2) is 24.3 Å². The molecule has 0 aromatic heterocycles. The number of carbonyl (C=O) groups excluding carboxylic acids is 2. The van der Waals surface area contributed by atoms with E-state index < -0.39 is 23.7 Å². The van der Waals surface area contributed by atoms with Gasteiger partial charge in [-0.1, -0.05) is 12.1 Å². The van der Waals surface area contributed by atoms with Crippen LogP contribution in [0.1, 0.15) is 46.2 Å². The molecule has 1 aromatic rings. The van der Waals surface area contributed by atoms with Crippen molar-refractivity contribution in [2.24, 2.45) is 0 Å². The number of alkyl carbamates (subject to hydrolysis) is 1. The molecular weight excluding hydrogens is 338 g/mol. The number of esters is 1. The predicted octanol–water partition coefficient (Wildman–Crippen LogP) is 3.23. The fourth-order valence-corrected chi connectivity index (χ4v) is 2.10. The summed E-state index contributed by atoms with van der Waals surface area (Å²) in [6.07, 6.45) is -0.559. The molecule has 146 valence electrons. The molecule has 1 N–H and O–H groups in total. The zero-order valence-electron chi connectivity index (χ0n) is 16.2. The zero-order chi connectivity index (χ0) is 19.6. The Morgan fingerprint density at radius 1 is 1.08 bits per heavy atom. The van der Waals surface area contributed by atoms with Gasteiger partial charge in [-0.05, 0) is 52.3 Å². The van der Waals surface area contributed by atoms with Crippen LogP contribution in [0, 0.1) is 0 Å². The molecule has 0 saturated carbocycles. The number of ether oxygens (including phenoxy) is 4. The van der Waals surface area contributed by atoms with Crippen LogP contribution in [0.3, 0.4) is 0 Å². The molecule has 0 aliphatic rings. The van der Waals surface area contributed by atoms with Crippen molar-refractivity contribution in [1.29, 1.82) is 0 Å². The highest BCUT2D eigenvalue weighted by Gasteiger charge is 2.21. The van der Waals surface area contributed by atoms with Gasteiger partial charge >= 0.3 is 12.1 Å². The van der Waals surface area contributed by atoms with E-state index in [-0.39, 0.29) is 13.2 Å². The van der Waals surface area contributed by atoms with Gasteiger partial charge in [-0.2, -0.15) is 0 Å². The summed E-state index contributed by atoms with van der Waals surface area (Å²) in [6.45, 7) is 9.78. The largest absolute Gasteiger partial charge is 0.494 e.